The fraction of sp³-hybridized carbons (Fsp3) is 0.692. The van der Waals surface area contributed by atoms with E-state index in [1.54, 1.807) is 12.3 Å². The lowest BCUT2D eigenvalue weighted by molar-refractivity contribution is -0.221. The lowest BCUT2D eigenvalue weighted by atomic mass is 9.73. The summed E-state index contributed by atoms with van der Waals surface area (Å²) in [5.41, 5.74) is 1.97. The first-order valence-corrected chi connectivity index (χ1v) is 13.5. The molecule has 4 aliphatic heterocycles. The normalized spacial score (nSPS) is 31.1. The number of ether oxygens (including phenoxy) is 1. The molecule has 3 unspecified atom stereocenters. The molecule has 0 aromatic carbocycles. The van der Waals surface area contributed by atoms with Gasteiger partial charge in [0, 0.05) is 32.2 Å². The van der Waals surface area contributed by atoms with Crippen LogP contribution in [0.15, 0.2) is 18.3 Å². The monoisotopic (exact) mass is 477 g/mol. The van der Waals surface area contributed by atoms with E-state index in [1.165, 1.54) is 38.9 Å². The third-order valence-electron chi connectivity index (χ3n) is 9.10. The third-order valence-corrected chi connectivity index (χ3v) is 9.10. The fourth-order valence-corrected chi connectivity index (χ4v) is 7.03. The van der Waals surface area contributed by atoms with Gasteiger partial charge in [0.2, 0.25) is 5.95 Å². The van der Waals surface area contributed by atoms with Crippen LogP contribution in [0, 0.1) is 0 Å². The second kappa shape index (κ2) is 8.64. The second-order valence-electron chi connectivity index (χ2n) is 11.0. The minimum atomic E-state index is -0.100. The number of amides is 1. The Bertz CT molecular complexity index is 1110. The topological polar surface area (TPSA) is 86.7 Å². The number of hydrogen-bond acceptors (Lipinski definition) is 8. The van der Waals surface area contributed by atoms with E-state index in [-0.39, 0.29) is 17.6 Å². The zero-order chi connectivity index (χ0) is 23.4. The standard InChI is InChI=1S/C26H35N7O2/c34-24(28-18-7-12-32(13-8-18)15-14-31-10-1-2-11-31)20-6-5-19-21(29-20)16-27-25(30-19)33-22-4-3-9-26(22)23(33)17-35-26/h5-6,16,18,22-23H,1-4,7-15,17H2,(H,28,34). The maximum absolute atomic E-state index is 12.9. The first kappa shape index (κ1) is 21.9. The van der Waals surface area contributed by atoms with E-state index in [9.17, 15) is 4.79 Å². The van der Waals surface area contributed by atoms with Gasteiger partial charge < -0.3 is 24.8 Å². The van der Waals surface area contributed by atoms with E-state index in [0.29, 0.717) is 23.3 Å². The first-order chi connectivity index (χ1) is 17.2. The van der Waals surface area contributed by atoms with Crippen LogP contribution in [0.5, 0.6) is 0 Å². The van der Waals surface area contributed by atoms with Crippen molar-refractivity contribution in [1.29, 1.82) is 0 Å². The van der Waals surface area contributed by atoms with Crippen LogP contribution in [-0.4, -0.2) is 100 Å². The highest BCUT2D eigenvalue weighted by molar-refractivity contribution is 5.94. The molecule has 5 fully saturated rings. The minimum Gasteiger partial charge on any atom is -0.368 e. The molecule has 186 valence electrons. The summed E-state index contributed by atoms with van der Waals surface area (Å²) >= 11 is 0. The van der Waals surface area contributed by atoms with E-state index in [2.05, 4.69) is 30.0 Å². The van der Waals surface area contributed by atoms with Crippen LogP contribution in [0.4, 0.5) is 5.95 Å². The van der Waals surface area contributed by atoms with Crippen LogP contribution in [0.2, 0.25) is 0 Å². The quantitative estimate of drug-likeness (QED) is 0.674. The van der Waals surface area contributed by atoms with Gasteiger partial charge in [0.1, 0.15) is 16.8 Å². The van der Waals surface area contributed by atoms with E-state index in [4.69, 9.17) is 9.72 Å². The Morgan fingerprint density at radius 3 is 2.54 bits per heavy atom. The number of carbonyl (C=O) groups is 1. The summed E-state index contributed by atoms with van der Waals surface area (Å²) in [6.07, 6.45) is 9.96. The highest BCUT2D eigenvalue weighted by Gasteiger charge is 2.70. The van der Waals surface area contributed by atoms with Crippen molar-refractivity contribution in [3.8, 4) is 0 Å². The average molecular weight is 478 g/mol. The van der Waals surface area contributed by atoms with Crippen molar-refractivity contribution >= 4 is 22.9 Å². The number of nitrogens with zero attached hydrogens (tertiary/aromatic N) is 6. The molecular formula is C26H35N7O2. The number of piperidine rings is 1. The highest BCUT2D eigenvalue weighted by Crippen LogP contribution is 2.56. The lowest BCUT2D eigenvalue weighted by Crippen LogP contribution is -2.83. The maximum atomic E-state index is 12.9. The Balaban J connectivity index is 0.956. The number of rotatable bonds is 6. The van der Waals surface area contributed by atoms with Gasteiger partial charge in [0.05, 0.1) is 30.4 Å². The largest absolute Gasteiger partial charge is 0.368 e. The zero-order valence-electron chi connectivity index (χ0n) is 20.4. The Morgan fingerprint density at radius 2 is 1.77 bits per heavy atom. The summed E-state index contributed by atoms with van der Waals surface area (Å²) in [6, 6.07) is 4.73. The number of nitrogens with one attached hydrogen (secondary N) is 1. The van der Waals surface area contributed by atoms with Crippen molar-refractivity contribution in [3.05, 3.63) is 24.0 Å². The molecule has 4 saturated heterocycles. The zero-order valence-corrected chi connectivity index (χ0v) is 20.4. The van der Waals surface area contributed by atoms with Gasteiger partial charge in [-0.3, -0.25) is 4.79 Å². The van der Waals surface area contributed by atoms with Gasteiger partial charge in [0.15, 0.2) is 0 Å². The smallest absolute Gasteiger partial charge is 0.270 e. The predicted octanol–water partition coefficient (Wildman–Crippen LogP) is 1.82. The second-order valence-corrected chi connectivity index (χ2v) is 11.0. The number of likely N-dealkylation sites (tertiary alicyclic amines) is 2. The molecule has 2 aromatic heterocycles. The fourth-order valence-electron chi connectivity index (χ4n) is 7.03. The van der Waals surface area contributed by atoms with Crippen molar-refractivity contribution in [2.45, 2.75) is 68.7 Å². The summed E-state index contributed by atoms with van der Waals surface area (Å²) < 4.78 is 5.97. The van der Waals surface area contributed by atoms with Crippen molar-refractivity contribution in [2.24, 2.45) is 0 Å². The summed E-state index contributed by atoms with van der Waals surface area (Å²) in [5, 5.41) is 3.21. The summed E-state index contributed by atoms with van der Waals surface area (Å²) in [7, 11) is 0. The van der Waals surface area contributed by atoms with Gasteiger partial charge in [-0.15, -0.1) is 0 Å². The number of fused-ring (bicyclic) bond motifs is 1. The van der Waals surface area contributed by atoms with E-state index >= 15 is 0 Å². The van der Waals surface area contributed by atoms with Gasteiger partial charge in [-0.05, 0) is 70.2 Å². The van der Waals surface area contributed by atoms with Gasteiger partial charge in [0.25, 0.3) is 5.91 Å². The van der Waals surface area contributed by atoms with Gasteiger partial charge in [-0.2, -0.15) is 0 Å². The molecule has 0 radical (unpaired) electrons. The van der Waals surface area contributed by atoms with E-state index in [0.717, 1.165) is 63.4 Å². The predicted molar refractivity (Wildman–Crippen MR) is 133 cm³/mol. The highest BCUT2D eigenvalue weighted by atomic mass is 16.5. The Morgan fingerprint density at radius 1 is 0.971 bits per heavy atom. The summed E-state index contributed by atoms with van der Waals surface area (Å²) in [6.45, 7) is 7.69. The first-order valence-electron chi connectivity index (χ1n) is 13.5. The molecule has 1 spiro atoms. The average Bonchev–Trinajstić information content (AvgIpc) is 3.55. The molecule has 2 aromatic rings. The number of carbonyl (C=O) groups excluding carboxylic acids is 1. The molecule has 1 amide bonds. The number of hydrogen-bond donors (Lipinski definition) is 1. The molecule has 1 aliphatic carbocycles. The number of anilines is 1. The number of morpholine rings is 1. The molecule has 9 nitrogen and oxygen atoms in total. The lowest BCUT2D eigenvalue weighted by Gasteiger charge is -2.66. The minimum absolute atomic E-state index is 0.0720. The molecule has 9 heteroatoms. The van der Waals surface area contributed by atoms with Crippen LogP contribution in [0.3, 0.4) is 0 Å². The Kier molecular flexibility index (Phi) is 5.40. The molecule has 7 rings (SSSR count). The van der Waals surface area contributed by atoms with Crippen LogP contribution in [-0.2, 0) is 4.74 Å². The maximum Gasteiger partial charge on any atom is 0.270 e. The summed E-state index contributed by atoms with van der Waals surface area (Å²) in [5.74, 6) is 0.667. The van der Waals surface area contributed by atoms with Crippen LogP contribution in [0.1, 0.15) is 55.4 Å². The van der Waals surface area contributed by atoms with Crippen molar-refractivity contribution < 1.29 is 9.53 Å². The summed E-state index contributed by atoms with van der Waals surface area (Å²) in [4.78, 5) is 34.4. The van der Waals surface area contributed by atoms with E-state index < -0.39 is 0 Å². The van der Waals surface area contributed by atoms with Gasteiger partial charge in [-0.25, -0.2) is 15.0 Å². The van der Waals surface area contributed by atoms with Gasteiger partial charge >= 0.3 is 0 Å². The van der Waals surface area contributed by atoms with Crippen molar-refractivity contribution in [1.82, 2.24) is 30.1 Å². The van der Waals surface area contributed by atoms with Crippen LogP contribution in [0.25, 0.3) is 11.0 Å². The Hall–Kier alpha value is -2.36. The van der Waals surface area contributed by atoms with E-state index in [1.807, 2.05) is 6.07 Å². The molecule has 0 bridgehead atoms. The van der Waals surface area contributed by atoms with Crippen LogP contribution >= 0.6 is 0 Å². The number of pyridine rings is 1. The molecule has 5 aliphatic rings. The Labute approximate surface area is 206 Å². The number of aromatic nitrogens is 3. The van der Waals surface area contributed by atoms with Crippen molar-refractivity contribution in [2.75, 3.05) is 50.8 Å². The molecular weight excluding hydrogens is 442 g/mol. The molecule has 6 heterocycles. The van der Waals surface area contributed by atoms with Gasteiger partial charge in [-0.1, -0.05) is 0 Å². The molecule has 3 atom stereocenters. The van der Waals surface area contributed by atoms with Crippen molar-refractivity contribution in [3.63, 3.8) is 0 Å². The SMILES string of the molecule is O=C(NC1CCN(CCN2CCCC2)CC1)c1ccc2nc(N3C4CCCC45OCC35)ncc2n1. The third kappa shape index (κ3) is 3.70. The molecule has 1 saturated carbocycles. The molecule has 1 N–H and O–H groups in total. The van der Waals surface area contributed by atoms with Crippen LogP contribution < -0.4 is 10.2 Å². The molecule has 35 heavy (non-hydrogen) atoms.